The molecule has 1 aliphatic rings. The summed E-state index contributed by atoms with van der Waals surface area (Å²) in [6, 6.07) is 14.3. The molecule has 172 valence electrons. The third-order valence-electron chi connectivity index (χ3n) is 5.03. The number of fused-ring (bicyclic) bond motifs is 1. The Balaban J connectivity index is 1.64. The largest absolute Gasteiger partial charge is 0.482 e. The molecule has 3 aromatic rings. The first-order chi connectivity index (χ1) is 16.2. The highest BCUT2D eigenvalue weighted by molar-refractivity contribution is 6.31. The number of hydrogen-bond acceptors (Lipinski definition) is 7. The van der Waals surface area contributed by atoms with Crippen molar-refractivity contribution in [3.63, 3.8) is 0 Å². The Labute approximate surface area is 196 Å². The van der Waals surface area contributed by atoms with E-state index < -0.39 is 27.1 Å². The monoisotopic (exact) mass is 482 g/mol. The normalized spacial score (nSPS) is 12.5. The number of non-ortho nitro benzene ring substituents is 2. The van der Waals surface area contributed by atoms with Gasteiger partial charge in [0.1, 0.15) is 5.75 Å². The molecule has 0 radical (unpaired) electrons. The van der Waals surface area contributed by atoms with Crippen molar-refractivity contribution < 1.29 is 24.2 Å². The minimum Gasteiger partial charge on any atom is -0.482 e. The predicted octanol–water partition coefficient (Wildman–Crippen LogP) is 4.33. The van der Waals surface area contributed by atoms with Crippen LogP contribution in [-0.2, 0) is 11.3 Å². The van der Waals surface area contributed by atoms with Crippen LogP contribution in [0, 0.1) is 20.2 Å². The third-order valence-corrected chi connectivity index (χ3v) is 5.40. The van der Waals surface area contributed by atoms with Crippen molar-refractivity contribution in [2.24, 2.45) is 0 Å². The Bertz CT molecular complexity index is 1310. The summed E-state index contributed by atoms with van der Waals surface area (Å²) < 4.78 is 5.48. The van der Waals surface area contributed by atoms with Crippen LogP contribution < -0.4 is 15.0 Å². The zero-order valence-electron chi connectivity index (χ0n) is 17.3. The van der Waals surface area contributed by atoms with Gasteiger partial charge in [-0.15, -0.1) is 0 Å². The van der Waals surface area contributed by atoms with E-state index in [-0.39, 0.29) is 30.3 Å². The second kappa shape index (κ2) is 9.16. The summed E-state index contributed by atoms with van der Waals surface area (Å²) in [5.41, 5.74) is -0.0913. The molecular weight excluding hydrogens is 468 g/mol. The maximum absolute atomic E-state index is 12.7. The van der Waals surface area contributed by atoms with Gasteiger partial charge in [-0.05, 0) is 29.8 Å². The van der Waals surface area contributed by atoms with Gasteiger partial charge in [0, 0.05) is 22.8 Å². The molecule has 0 saturated carbocycles. The van der Waals surface area contributed by atoms with Crippen LogP contribution in [0.25, 0.3) is 0 Å². The van der Waals surface area contributed by atoms with Gasteiger partial charge in [-0.3, -0.25) is 29.8 Å². The molecule has 0 unspecified atom stereocenters. The van der Waals surface area contributed by atoms with Crippen molar-refractivity contribution in [1.82, 2.24) is 0 Å². The van der Waals surface area contributed by atoms with Crippen LogP contribution in [0.2, 0.25) is 5.02 Å². The zero-order valence-corrected chi connectivity index (χ0v) is 18.0. The minimum atomic E-state index is -0.821. The van der Waals surface area contributed by atoms with E-state index in [0.29, 0.717) is 22.0 Å². The predicted molar refractivity (Wildman–Crippen MR) is 122 cm³/mol. The highest BCUT2D eigenvalue weighted by Crippen LogP contribution is 2.36. The van der Waals surface area contributed by atoms with Crippen LogP contribution in [0.4, 0.5) is 22.7 Å². The average molecular weight is 483 g/mol. The third kappa shape index (κ3) is 4.64. The molecule has 0 atom stereocenters. The summed E-state index contributed by atoms with van der Waals surface area (Å²) in [6.07, 6.45) is 0. The fraction of sp³-hybridized carbons (Fsp3) is 0.0909. The highest BCUT2D eigenvalue weighted by atomic mass is 35.5. The van der Waals surface area contributed by atoms with E-state index in [1.165, 1.54) is 17.0 Å². The summed E-state index contributed by atoms with van der Waals surface area (Å²) in [7, 11) is 0. The molecule has 4 rings (SSSR count). The number of nitro benzene ring substituents is 2. The van der Waals surface area contributed by atoms with Crippen LogP contribution >= 0.6 is 11.6 Å². The number of nitro groups is 2. The Kier molecular flexibility index (Phi) is 6.11. The molecule has 0 spiro atoms. The minimum absolute atomic E-state index is 0.166. The number of halogens is 1. The van der Waals surface area contributed by atoms with Gasteiger partial charge in [-0.1, -0.05) is 29.8 Å². The van der Waals surface area contributed by atoms with Crippen LogP contribution in [0.1, 0.15) is 15.9 Å². The van der Waals surface area contributed by atoms with Gasteiger partial charge >= 0.3 is 0 Å². The van der Waals surface area contributed by atoms with Gasteiger partial charge in [0.25, 0.3) is 23.2 Å². The van der Waals surface area contributed by atoms with E-state index >= 15 is 0 Å². The summed E-state index contributed by atoms with van der Waals surface area (Å²) in [5.74, 6) is -0.701. The number of anilines is 2. The number of carbonyl (C=O) groups excluding carboxylic acids is 2. The van der Waals surface area contributed by atoms with Gasteiger partial charge in [0.2, 0.25) is 0 Å². The lowest BCUT2D eigenvalue weighted by Crippen LogP contribution is -2.38. The lowest BCUT2D eigenvalue weighted by atomic mass is 10.1. The molecule has 11 nitrogen and oxygen atoms in total. The first kappa shape index (κ1) is 22.7. The highest BCUT2D eigenvalue weighted by Gasteiger charge is 2.27. The SMILES string of the molecule is O=C(Nc1ccc2c(c1)N(Cc1ccccc1Cl)C(=O)CO2)c1cc([N+](=O)[O-])cc([N+](=O)[O-])c1. The first-order valence-corrected chi connectivity index (χ1v) is 10.2. The zero-order chi connectivity index (χ0) is 24.4. The van der Waals surface area contributed by atoms with Gasteiger partial charge in [0.15, 0.2) is 6.61 Å². The molecule has 34 heavy (non-hydrogen) atoms. The maximum atomic E-state index is 12.7. The van der Waals surface area contributed by atoms with Crippen LogP contribution in [0.5, 0.6) is 5.75 Å². The van der Waals surface area contributed by atoms with E-state index in [9.17, 15) is 29.8 Å². The number of carbonyl (C=O) groups is 2. The van der Waals surface area contributed by atoms with Crippen LogP contribution in [0.15, 0.2) is 60.7 Å². The molecule has 1 heterocycles. The molecule has 0 aromatic heterocycles. The molecule has 0 bridgehead atoms. The summed E-state index contributed by atoms with van der Waals surface area (Å²) in [4.78, 5) is 47.3. The fourth-order valence-corrected chi connectivity index (χ4v) is 3.59. The summed E-state index contributed by atoms with van der Waals surface area (Å²) in [5, 5.41) is 25.2. The number of nitrogens with zero attached hydrogens (tertiary/aromatic N) is 3. The topological polar surface area (TPSA) is 145 Å². The molecule has 0 aliphatic carbocycles. The van der Waals surface area contributed by atoms with Crippen molar-refractivity contribution in [3.8, 4) is 5.75 Å². The quantitative estimate of drug-likeness (QED) is 0.406. The standard InChI is InChI=1S/C22H15ClN4O7/c23-18-4-2-1-3-13(18)11-25-19-9-15(5-6-20(19)34-12-21(25)28)24-22(29)14-7-16(26(30)31)10-17(8-14)27(32)33/h1-10H,11-12H2,(H,24,29). The summed E-state index contributed by atoms with van der Waals surface area (Å²) >= 11 is 6.23. The van der Waals surface area contributed by atoms with Gasteiger partial charge in [-0.25, -0.2) is 0 Å². The van der Waals surface area contributed by atoms with E-state index in [0.717, 1.165) is 18.2 Å². The number of ether oxygens (including phenoxy) is 1. The first-order valence-electron chi connectivity index (χ1n) is 9.79. The van der Waals surface area contributed by atoms with E-state index in [2.05, 4.69) is 5.32 Å². The van der Waals surface area contributed by atoms with E-state index in [1.807, 2.05) is 0 Å². The van der Waals surface area contributed by atoms with E-state index in [4.69, 9.17) is 16.3 Å². The molecular formula is C22H15ClN4O7. The second-order valence-electron chi connectivity index (χ2n) is 7.25. The Morgan fingerprint density at radius 2 is 1.71 bits per heavy atom. The van der Waals surface area contributed by atoms with Gasteiger partial charge in [-0.2, -0.15) is 0 Å². The maximum Gasteiger partial charge on any atom is 0.277 e. The number of amides is 2. The van der Waals surface area contributed by atoms with Gasteiger partial charge < -0.3 is 15.0 Å². The van der Waals surface area contributed by atoms with Crippen molar-refractivity contribution in [3.05, 3.63) is 97.0 Å². The molecule has 3 aromatic carbocycles. The number of benzene rings is 3. The van der Waals surface area contributed by atoms with Crippen molar-refractivity contribution >= 4 is 46.2 Å². The van der Waals surface area contributed by atoms with E-state index in [1.54, 1.807) is 30.3 Å². The Hall–Kier alpha value is -4.51. The number of hydrogen-bond donors (Lipinski definition) is 1. The smallest absolute Gasteiger partial charge is 0.277 e. The molecule has 12 heteroatoms. The molecule has 0 fully saturated rings. The average Bonchev–Trinajstić information content (AvgIpc) is 2.81. The molecule has 1 N–H and O–H groups in total. The molecule has 1 aliphatic heterocycles. The van der Waals surface area contributed by atoms with Crippen molar-refractivity contribution in [1.29, 1.82) is 0 Å². The number of nitrogens with one attached hydrogen (secondary N) is 1. The lowest BCUT2D eigenvalue weighted by Gasteiger charge is -2.30. The Morgan fingerprint density at radius 3 is 2.35 bits per heavy atom. The van der Waals surface area contributed by atoms with Crippen molar-refractivity contribution in [2.45, 2.75) is 6.54 Å². The number of rotatable bonds is 6. The Morgan fingerprint density at radius 1 is 1.03 bits per heavy atom. The van der Waals surface area contributed by atoms with Gasteiger partial charge in [0.05, 0.1) is 33.7 Å². The lowest BCUT2D eigenvalue weighted by molar-refractivity contribution is -0.394. The van der Waals surface area contributed by atoms with Crippen LogP contribution in [-0.4, -0.2) is 28.3 Å². The molecule has 2 amide bonds. The molecule has 0 saturated heterocycles. The van der Waals surface area contributed by atoms with Crippen molar-refractivity contribution in [2.75, 3.05) is 16.8 Å². The van der Waals surface area contributed by atoms with Crippen LogP contribution in [0.3, 0.4) is 0 Å². The fourth-order valence-electron chi connectivity index (χ4n) is 3.39. The second-order valence-corrected chi connectivity index (χ2v) is 7.66. The summed E-state index contributed by atoms with van der Waals surface area (Å²) in [6.45, 7) is 0.00382.